The first-order chi connectivity index (χ1) is 11.7. The minimum absolute atomic E-state index is 0.348. The maximum Gasteiger partial charge on any atom is 0.332 e. The molecule has 2 aromatic heterocycles. The van der Waals surface area contributed by atoms with Crippen molar-refractivity contribution in [3.8, 4) is 0 Å². The molecular weight excluding hydrogens is 324 g/mol. The van der Waals surface area contributed by atoms with Gasteiger partial charge in [-0.15, -0.1) is 0 Å². The van der Waals surface area contributed by atoms with Gasteiger partial charge in [-0.2, -0.15) is 0 Å². The molecule has 0 fully saturated rings. The number of amides is 2. The van der Waals surface area contributed by atoms with Crippen molar-refractivity contribution >= 4 is 47.3 Å². The number of rotatable bonds is 4. The van der Waals surface area contributed by atoms with Gasteiger partial charge in [-0.05, 0) is 31.2 Å². The molecule has 2 amide bonds. The zero-order valence-corrected chi connectivity index (χ0v) is 13.9. The second kappa shape index (κ2) is 7.14. The van der Waals surface area contributed by atoms with E-state index in [9.17, 15) is 4.79 Å². The highest BCUT2D eigenvalue weighted by Crippen LogP contribution is 2.17. The Hall–Kier alpha value is -2.87. The Kier molecular flexibility index (Phi) is 4.76. The Morgan fingerprint density at radius 1 is 1.12 bits per heavy atom. The zero-order valence-electron chi connectivity index (χ0n) is 13.0. The molecule has 2 N–H and O–H groups in total. The van der Waals surface area contributed by atoms with Gasteiger partial charge in [-0.25, -0.2) is 19.7 Å². The number of anilines is 3. The van der Waals surface area contributed by atoms with Gasteiger partial charge in [0.05, 0.1) is 6.20 Å². The van der Waals surface area contributed by atoms with Crippen LogP contribution in [-0.2, 0) is 0 Å². The van der Waals surface area contributed by atoms with Crippen LogP contribution in [0.15, 0.2) is 48.7 Å². The molecule has 2 heterocycles. The molecule has 0 saturated heterocycles. The van der Waals surface area contributed by atoms with Crippen LogP contribution in [-0.4, -0.2) is 31.8 Å². The van der Waals surface area contributed by atoms with Gasteiger partial charge in [0.15, 0.2) is 11.5 Å². The number of benzene rings is 1. The summed E-state index contributed by atoms with van der Waals surface area (Å²) in [4.78, 5) is 24.9. The van der Waals surface area contributed by atoms with Gasteiger partial charge >= 0.3 is 6.03 Å². The Morgan fingerprint density at radius 2 is 1.88 bits per heavy atom. The molecule has 3 rings (SSSR count). The summed E-state index contributed by atoms with van der Waals surface area (Å²) in [7, 11) is 0. The molecule has 3 aromatic rings. The number of hydrogen-bond acceptors (Lipinski definition) is 6. The summed E-state index contributed by atoms with van der Waals surface area (Å²) in [5, 5.41) is 5.83. The maximum absolute atomic E-state index is 11.8. The number of pyridine rings is 1. The topological polar surface area (TPSA) is 83.0 Å². The third-order valence-electron chi connectivity index (χ3n) is 3.22. The largest absolute Gasteiger partial charge is 0.339 e. The van der Waals surface area contributed by atoms with Gasteiger partial charge < -0.3 is 5.32 Å². The van der Waals surface area contributed by atoms with Crippen molar-refractivity contribution in [1.29, 1.82) is 0 Å². The standard InChI is InChI=1S/C16H16N6OS/c1-2-22(24)16(23)21-13-9-8-12-15(19-13)20-14(10-17-12)18-11-6-4-3-5-7-11/h3-10,24H,2H2,1H3,(H2,18,19,20,21,23). The van der Waals surface area contributed by atoms with Crippen molar-refractivity contribution in [1.82, 2.24) is 19.3 Å². The zero-order chi connectivity index (χ0) is 16.9. The second-order valence-electron chi connectivity index (χ2n) is 4.93. The third-order valence-corrected chi connectivity index (χ3v) is 3.69. The number of carbonyl (C=O) groups excluding carboxylic acids is 1. The normalized spacial score (nSPS) is 10.4. The van der Waals surface area contributed by atoms with Gasteiger partial charge in [0.1, 0.15) is 11.3 Å². The highest BCUT2D eigenvalue weighted by molar-refractivity contribution is 7.78. The minimum Gasteiger partial charge on any atom is -0.339 e. The number of thiol groups is 1. The summed E-state index contributed by atoms with van der Waals surface area (Å²) < 4.78 is 1.25. The molecule has 0 saturated carbocycles. The SMILES string of the molecule is CCN(S)C(=O)Nc1ccc2ncc(Nc3ccccc3)nc2n1. The number of para-hydroxylation sites is 1. The number of carbonyl (C=O) groups is 1. The van der Waals surface area contributed by atoms with E-state index in [1.54, 1.807) is 18.3 Å². The summed E-state index contributed by atoms with van der Waals surface area (Å²) in [6.07, 6.45) is 1.64. The first kappa shape index (κ1) is 16.0. The second-order valence-corrected chi connectivity index (χ2v) is 5.41. The fourth-order valence-corrected chi connectivity index (χ4v) is 2.06. The first-order valence-corrected chi connectivity index (χ1v) is 7.79. The summed E-state index contributed by atoms with van der Waals surface area (Å²) in [6.45, 7) is 2.31. The molecule has 0 aliphatic rings. The third kappa shape index (κ3) is 3.72. The molecule has 0 bridgehead atoms. The lowest BCUT2D eigenvalue weighted by Gasteiger charge is -2.13. The van der Waals surface area contributed by atoms with Crippen molar-refractivity contribution in [3.05, 3.63) is 48.7 Å². The fraction of sp³-hybridized carbons (Fsp3) is 0.125. The minimum atomic E-state index is -0.348. The van der Waals surface area contributed by atoms with Crippen molar-refractivity contribution in [3.63, 3.8) is 0 Å². The molecule has 0 atom stereocenters. The average Bonchev–Trinajstić information content (AvgIpc) is 2.61. The van der Waals surface area contributed by atoms with Crippen molar-refractivity contribution in [2.45, 2.75) is 6.92 Å². The van der Waals surface area contributed by atoms with Crippen LogP contribution in [0, 0.1) is 0 Å². The van der Waals surface area contributed by atoms with Crippen LogP contribution in [0.5, 0.6) is 0 Å². The van der Waals surface area contributed by atoms with Gasteiger partial charge in [0, 0.05) is 12.2 Å². The van der Waals surface area contributed by atoms with E-state index in [2.05, 4.69) is 38.4 Å². The lowest BCUT2D eigenvalue weighted by atomic mass is 10.3. The van der Waals surface area contributed by atoms with Crippen LogP contribution in [0.2, 0.25) is 0 Å². The summed E-state index contributed by atoms with van der Waals surface area (Å²) in [5.41, 5.74) is 1.99. The van der Waals surface area contributed by atoms with Gasteiger partial charge in [-0.1, -0.05) is 31.0 Å². The number of hydrogen-bond donors (Lipinski definition) is 3. The highest BCUT2D eigenvalue weighted by Gasteiger charge is 2.09. The number of nitrogens with one attached hydrogen (secondary N) is 2. The van der Waals surface area contributed by atoms with Gasteiger partial charge in [0.25, 0.3) is 0 Å². The lowest BCUT2D eigenvalue weighted by Crippen LogP contribution is -2.27. The average molecular weight is 340 g/mol. The molecule has 0 aliphatic heterocycles. The monoisotopic (exact) mass is 340 g/mol. The van der Waals surface area contributed by atoms with E-state index in [0.29, 0.717) is 29.3 Å². The Labute approximate surface area is 144 Å². The number of urea groups is 1. The quantitative estimate of drug-likeness (QED) is 0.634. The van der Waals surface area contributed by atoms with Crippen LogP contribution in [0.1, 0.15) is 6.92 Å². The number of nitrogens with zero attached hydrogens (tertiary/aromatic N) is 4. The van der Waals surface area contributed by atoms with Crippen LogP contribution >= 0.6 is 12.8 Å². The molecule has 7 nitrogen and oxygen atoms in total. The molecule has 0 radical (unpaired) electrons. The van der Waals surface area contributed by atoms with E-state index < -0.39 is 0 Å². The Morgan fingerprint density at radius 3 is 2.62 bits per heavy atom. The Bertz CT molecular complexity index is 858. The molecular formula is C16H16N6OS. The number of fused-ring (bicyclic) bond motifs is 1. The molecule has 24 heavy (non-hydrogen) atoms. The molecule has 0 aliphatic carbocycles. The van der Waals surface area contributed by atoms with E-state index in [0.717, 1.165) is 5.69 Å². The highest BCUT2D eigenvalue weighted by atomic mass is 32.1. The molecule has 8 heteroatoms. The summed E-state index contributed by atoms with van der Waals surface area (Å²) in [5.74, 6) is 0.972. The molecule has 0 spiro atoms. The van der Waals surface area contributed by atoms with E-state index >= 15 is 0 Å². The van der Waals surface area contributed by atoms with E-state index in [4.69, 9.17) is 0 Å². The van der Waals surface area contributed by atoms with Crippen molar-refractivity contribution in [2.75, 3.05) is 17.2 Å². The van der Waals surface area contributed by atoms with Crippen molar-refractivity contribution < 1.29 is 4.79 Å². The molecule has 1 aromatic carbocycles. The Balaban J connectivity index is 1.84. The van der Waals surface area contributed by atoms with Crippen LogP contribution in [0.4, 0.5) is 22.1 Å². The predicted molar refractivity (Wildman–Crippen MR) is 97.4 cm³/mol. The number of aromatic nitrogens is 3. The van der Waals surface area contributed by atoms with Crippen LogP contribution in [0.3, 0.4) is 0 Å². The van der Waals surface area contributed by atoms with Crippen LogP contribution in [0.25, 0.3) is 11.2 Å². The van der Waals surface area contributed by atoms with E-state index in [1.807, 2.05) is 37.3 Å². The fourth-order valence-electron chi connectivity index (χ4n) is 2.01. The molecule has 122 valence electrons. The molecule has 0 unspecified atom stereocenters. The van der Waals surface area contributed by atoms with Crippen molar-refractivity contribution in [2.24, 2.45) is 0 Å². The van der Waals surface area contributed by atoms with E-state index in [-0.39, 0.29) is 6.03 Å². The maximum atomic E-state index is 11.8. The van der Waals surface area contributed by atoms with Gasteiger partial charge in [-0.3, -0.25) is 9.62 Å². The predicted octanol–water partition coefficient (Wildman–Crippen LogP) is 3.47. The first-order valence-electron chi connectivity index (χ1n) is 7.39. The summed E-state index contributed by atoms with van der Waals surface area (Å²) in [6, 6.07) is 12.7. The smallest absolute Gasteiger partial charge is 0.332 e. The summed E-state index contributed by atoms with van der Waals surface area (Å²) >= 11 is 4.06. The lowest BCUT2D eigenvalue weighted by molar-refractivity contribution is 0.240. The van der Waals surface area contributed by atoms with E-state index in [1.165, 1.54) is 4.31 Å². The van der Waals surface area contributed by atoms with Crippen LogP contribution < -0.4 is 10.6 Å². The van der Waals surface area contributed by atoms with Gasteiger partial charge in [0.2, 0.25) is 0 Å².